The summed E-state index contributed by atoms with van der Waals surface area (Å²) in [5.41, 5.74) is 0.193. The number of halogens is 2. The van der Waals surface area contributed by atoms with Crippen molar-refractivity contribution >= 4 is 17.7 Å². The number of ether oxygens (including phenoxy) is 1. The molecule has 0 radical (unpaired) electrons. The number of likely N-dealkylation sites (tertiary alicyclic amines) is 1. The first-order valence-corrected chi connectivity index (χ1v) is 7.12. The molecule has 2 heterocycles. The number of amides is 2. The summed E-state index contributed by atoms with van der Waals surface area (Å²) < 4.78 is 29.3. The summed E-state index contributed by atoms with van der Waals surface area (Å²) in [6.07, 6.45) is -0.514. The van der Waals surface area contributed by atoms with E-state index in [-0.39, 0.29) is 11.6 Å². The van der Waals surface area contributed by atoms with Gasteiger partial charge in [-0.2, -0.15) is 0 Å². The van der Waals surface area contributed by atoms with Gasteiger partial charge in [-0.1, -0.05) is 0 Å². The average molecular weight is 329 g/mol. The van der Waals surface area contributed by atoms with Gasteiger partial charge in [-0.05, 0) is 25.0 Å². The molecular formula is C14H17F2N3O4. The zero-order valence-corrected chi connectivity index (χ0v) is 12.2. The van der Waals surface area contributed by atoms with Gasteiger partial charge >= 0.3 is 12.0 Å². The number of urea groups is 1. The summed E-state index contributed by atoms with van der Waals surface area (Å²) in [4.78, 5) is 28.4. The van der Waals surface area contributed by atoms with Crippen molar-refractivity contribution in [1.29, 1.82) is 0 Å². The molecule has 1 aromatic heterocycles. The van der Waals surface area contributed by atoms with E-state index in [0.29, 0.717) is 25.9 Å². The summed E-state index contributed by atoms with van der Waals surface area (Å²) in [7, 11) is 0. The van der Waals surface area contributed by atoms with Crippen LogP contribution in [0.2, 0.25) is 0 Å². The number of rotatable bonds is 5. The highest BCUT2D eigenvalue weighted by molar-refractivity contribution is 5.90. The van der Waals surface area contributed by atoms with Gasteiger partial charge in [-0.15, -0.1) is 0 Å². The second-order valence-electron chi connectivity index (χ2n) is 5.09. The molecule has 1 fully saturated rings. The molecule has 2 amide bonds. The Morgan fingerprint density at radius 2 is 2.13 bits per heavy atom. The molecule has 1 saturated heterocycles. The Balaban J connectivity index is 1.94. The van der Waals surface area contributed by atoms with Gasteiger partial charge in [0.2, 0.25) is 5.88 Å². The smallest absolute Gasteiger partial charge is 0.321 e. The molecule has 9 heteroatoms. The summed E-state index contributed by atoms with van der Waals surface area (Å²) in [6.45, 7) is -0.184. The lowest BCUT2D eigenvalue weighted by atomic mass is 9.97. The first-order valence-electron chi connectivity index (χ1n) is 7.12. The number of aliphatic carboxylic acids is 1. The van der Waals surface area contributed by atoms with E-state index < -0.39 is 31.0 Å². The third kappa shape index (κ3) is 4.76. The van der Waals surface area contributed by atoms with Crippen molar-refractivity contribution in [3.05, 3.63) is 18.3 Å². The average Bonchev–Trinajstić information content (AvgIpc) is 2.54. The number of pyridine rings is 1. The number of carboxylic acids is 1. The predicted octanol–water partition coefficient (Wildman–Crippen LogP) is 2.05. The van der Waals surface area contributed by atoms with E-state index in [2.05, 4.69) is 10.3 Å². The quantitative estimate of drug-likeness (QED) is 0.863. The number of aromatic nitrogens is 1. The Labute approximate surface area is 131 Å². The normalized spacial score (nSPS) is 15.5. The van der Waals surface area contributed by atoms with Gasteiger partial charge in [-0.25, -0.2) is 18.6 Å². The standard InChI is InChI=1S/C14H17F2N3O4/c15-11(16)8-23-12-10(2-1-5-17-12)18-14(22)19-6-3-9(4-7-19)13(20)21/h1-2,5,9,11H,3-4,6-8H2,(H,18,22)(H,20,21). The molecule has 0 bridgehead atoms. The van der Waals surface area contributed by atoms with Crippen LogP contribution in [0, 0.1) is 5.92 Å². The van der Waals surface area contributed by atoms with Crippen molar-refractivity contribution in [3.63, 3.8) is 0 Å². The topological polar surface area (TPSA) is 91.8 Å². The molecule has 2 N–H and O–H groups in total. The van der Waals surface area contributed by atoms with Gasteiger partial charge < -0.3 is 20.1 Å². The molecule has 1 aliphatic heterocycles. The van der Waals surface area contributed by atoms with Crippen LogP contribution >= 0.6 is 0 Å². The van der Waals surface area contributed by atoms with Crippen LogP contribution in [0.5, 0.6) is 5.88 Å². The van der Waals surface area contributed by atoms with Crippen molar-refractivity contribution in [3.8, 4) is 5.88 Å². The second-order valence-corrected chi connectivity index (χ2v) is 5.09. The molecule has 0 saturated carbocycles. The van der Waals surface area contributed by atoms with Gasteiger partial charge in [0.25, 0.3) is 6.43 Å². The predicted molar refractivity (Wildman–Crippen MR) is 76.7 cm³/mol. The zero-order valence-electron chi connectivity index (χ0n) is 12.2. The molecule has 126 valence electrons. The van der Waals surface area contributed by atoms with Crippen LogP contribution in [-0.4, -0.2) is 53.1 Å². The van der Waals surface area contributed by atoms with Gasteiger partial charge in [0.15, 0.2) is 6.61 Å². The fourth-order valence-electron chi connectivity index (χ4n) is 2.27. The lowest BCUT2D eigenvalue weighted by Gasteiger charge is -2.30. The summed E-state index contributed by atoms with van der Waals surface area (Å²) >= 11 is 0. The lowest BCUT2D eigenvalue weighted by Crippen LogP contribution is -2.42. The first kappa shape index (κ1) is 16.9. The highest BCUT2D eigenvalue weighted by Crippen LogP contribution is 2.23. The number of hydrogen-bond donors (Lipinski definition) is 2. The van der Waals surface area contributed by atoms with Crippen LogP contribution < -0.4 is 10.1 Å². The maximum Gasteiger partial charge on any atom is 0.321 e. The van der Waals surface area contributed by atoms with Crippen LogP contribution in [0.4, 0.5) is 19.3 Å². The molecule has 0 aliphatic carbocycles. The van der Waals surface area contributed by atoms with E-state index in [0.717, 1.165) is 0 Å². The number of nitrogens with zero attached hydrogens (tertiary/aromatic N) is 2. The Kier molecular flexibility index (Phi) is 5.67. The zero-order chi connectivity index (χ0) is 16.8. The first-order chi connectivity index (χ1) is 11.0. The molecule has 1 aromatic rings. The van der Waals surface area contributed by atoms with Gasteiger partial charge in [-0.3, -0.25) is 4.79 Å². The fraction of sp³-hybridized carbons (Fsp3) is 0.500. The van der Waals surface area contributed by atoms with Crippen LogP contribution in [0.1, 0.15) is 12.8 Å². The number of carbonyl (C=O) groups is 2. The molecule has 0 atom stereocenters. The van der Waals surface area contributed by atoms with E-state index in [9.17, 15) is 18.4 Å². The van der Waals surface area contributed by atoms with Crippen LogP contribution in [-0.2, 0) is 4.79 Å². The Hall–Kier alpha value is -2.45. The number of carbonyl (C=O) groups excluding carboxylic acids is 1. The number of hydrogen-bond acceptors (Lipinski definition) is 4. The number of alkyl halides is 2. The lowest BCUT2D eigenvalue weighted by molar-refractivity contribution is -0.143. The molecule has 0 unspecified atom stereocenters. The largest absolute Gasteiger partial charge is 0.481 e. The molecule has 2 rings (SSSR count). The highest BCUT2D eigenvalue weighted by atomic mass is 19.3. The monoisotopic (exact) mass is 329 g/mol. The summed E-state index contributed by atoms with van der Waals surface area (Å²) in [5, 5.41) is 11.5. The number of carboxylic acid groups (broad SMARTS) is 1. The van der Waals surface area contributed by atoms with Crippen molar-refractivity contribution in [2.24, 2.45) is 5.92 Å². The van der Waals surface area contributed by atoms with Crippen LogP contribution in [0.3, 0.4) is 0 Å². The van der Waals surface area contributed by atoms with E-state index in [1.807, 2.05) is 0 Å². The van der Waals surface area contributed by atoms with Gasteiger partial charge in [0.1, 0.15) is 5.69 Å². The molecular weight excluding hydrogens is 312 g/mol. The highest BCUT2D eigenvalue weighted by Gasteiger charge is 2.27. The maximum atomic E-state index is 12.2. The van der Waals surface area contributed by atoms with E-state index >= 15 is 0 Å². The SMILES string of the molecule is O=C(O)C1CCN(C(=O)Nc2cccnc2OCC(F)F)CC1. The second kappa shape index (κ2) is 7.70. The minimum absolute atomic E-state index is 0.0819. The molecule has 0 spiro atoms. The van der Waals surface area contributed by atoms with Crippen molar-refractivity contribution in [1.82, 2.24) is 9.88 Å². The Morgan fingerprint density at radius 3 is 2.74 bits per heavy atom. The van der Waals surface area contributed by atoms with E-state index in [1.54, 1.807) is 6.07 Å². The third-order valence-electron chi connectivity index (χ3n) is 3.49. The Morgan fingerprint density at radius 1 is 1.43 bits per heavy atom. The fourth-order valence-corrected chi connectivity index (χ4v) is 2.27. The third-order valence-corrected chi connectivity index (χ3v) is 3.49. The number of nitrogens with one attached hydrogen (secondary N) is 1. The number of anilines is 1. The summed E-state index contributed by atoms with van der Waals surface area (Å²) in [6, 6.07) is 2.60. The Bertz CT molecular complexity index is 563. The van der Waals surface area contributed by atoms with Crippen LogP contribution in [0.15, 0.2) is 18.3 Å². The molecule has 23 heavy (non-hydrogen) atoms. The van der Waals surface area contributed by atoms with Crippen LogP contribution in [0.25, 0.3) is 0 Å². The van der Waals surface area contributed by atoms with Crippen molar-refractivity contribution in [2.75, 3.05) is 25.0 Å². The molecule has 0 aromatic carbocycles. The van der Waals surface area contributed by atoms with Crippen molar-refractivity contribution < 1.29 is 28.2 Å². The molecule has 7 nitrogen and oxygen atoms in total. The van der Waals surface area contributed by atoms with E-state index in [4.69, 9.17) is 9.84 Å². The maximum absolute atomic E-state index is 12.2. The molecule has 1 aliphatic rings. The van der Waals surface area contributed by atoms with Crippen molar-refractivity contribution in [2.45, 2.75) is 19.3 Å². The van der Waals surface area contributed by atoms with Gasteiger partial charge in [0, 0.05) is 19.3 Å². The minimum atomic E-state index is -2.64. The minimum Gasteiger partial charge on any atom is -0.481 e. The van der Waals surface area contributed by atoms with Gasteiger partial charge in [0.05, 0.1) is 5.92 Å². The number of piperidine rings is 1. The summed E-state index contributed by atoms with van der Waals surface area (Å²) in [5.74, 6) is -1.39. The van der Waals surface area contributed by atoms with E-state index in [1.165, 1.54) is 17.2 Å².